The molecule has 2 aromatic heterocycles. The Balaban J connectivity index is 1.81. The zero-order valence-corrected chi connectivity index (χ0v) is 10.4. The van der Waals surface area contributed by atoms with Crippen molar-refractivity contribution in [2.45, 2.75) is 19.9 Å². The van der Waals surface area contributed by atoms with E-state index < -0.39 is 0 Å². The summed E-state index contributed by atoms with van der Waals surface area (Å²) in [5.41, 5.74) is 0. The number of nitrogens with zero attached hydrogens (tertiary/aromatic N) is 3. The van der Waals surface area contributed by atoms with Crippen LogP contribution in [-0.2, 0) is 13.0 Å². The monoisotopic (exact) mass is 250 g/mol. The second kappa shape index (κ2) is 5.58. The molecule has 2 aromatic rings. The SMILES string of the molecule is CCc1ncc(C(=O)NCCn2ccnc2)s1. The first-order valence-corrected chi connectivity index (χ1v) is 6.30. The van der Waals surface area contributed by atoms with E-state index in [0.717, 1.165) is 18.0 Å². The van der Waals surface area contributed by atoms with Crippen molar-refractivity contribution in [3.8, 4) is 0 Å². The molecule has 2 rings (SSSR count). The van der Waals surface area contributed by atoms with Crippen LogP contribution in [0, 0.1) is 0 Å². The molecule has 0 atom stereocenters. The molecule has 90 valence electrons. The topological polar surface area (TPSA) is 59.8 Å². The van der Waals surface area contributed by atoms with Gasteiger partial charge in [0.2, 0.25) is 0 Å². The fourth-order valence-corrected chi connectivity index (χ4v) is 2.16. The molecule has 0 unspecified atom stereocenters. The van der Waals surface area contributed by atoms with Crippen molar-refractivity contribution in [2.75, 3.05) is 6.54 Å². The summed E-state index contributed by atoms with van der Waals surface area (Å²) in [6.45, 7) is 3.35. The van der Waals surface area contributed by atoms with E-state index in [4.69, 9.17) is 0 Å². The van der Waals surface area contributed by atoms with E-state index in [9.17, 15) is 4.79 Å². The third kappa shape index (κ3) is 3.13. The number of nitrogens with one attached hydrogen (secondary N) is 1. The van der Waals surface area contributed by atoms with Gasteiger partial charge in [0.15, 0.2) is 0 Å². The molecule has 17 heavy (non-hydrogen) atoms. The number of amides is 1. The van der Waals surface area contributed by atoms with Gasteiger partial charge in [0.25, 0.3) is 5.91 Å². The van der Waals surface area contributed by atoms with E-state index in [1.807, 2.05) is 17.7 Å². The summed E-state index contributed by atoms with van der Waals surface area (Å²) < 4.78 is 1.92. The van der Waals surface area contributed by atoms with Crippen LogP contribution in [0.25, 0.3) is 0 Å². The summed E-state index contributed by atoms with van der Waals surface area (Å²) >= 11 is 1.45. The van der Waals surface area contributed by atoms with Crippen LogP contribution in [0.5, 0.6) is 0 Å². The molecule has 2 heterocycles. The summed E-state index contributed by atoms with van der Waals surface area (Å²) in [7, 11) is 0. The maximum absolute atomic E-state index is 11.7. The number of thiazole rings is 1. The molecule has 0 aliphatic rings. The number of aryl methyl sites for hydroxylation is 1. The van der Waals surface area contributed by atoms with E-state index in [0.29, 0.717) is 11.4 Å². The summed E-state index contributed by atoms with van der Waals surface area (Å²) in [5, 5.41) is 3.85. The number of aromatic nitrogens is 3. The van der Waals surface area contributed by atoms with Crippen LogP contribution in [0.15, 0.2) is 24.9 Å². The van der Waals surface area contributed by atoms with Gasteiger partial charge in [-0.3, -0.25) is 4.79 Å². The predicted molar refractivity (Wildman–Crippen MR) is 66.1 cm³/mol. The van der Waals surface area contributed by atoms with Crippen molar-refractivity contribution in [2.24, 2.45) is 0 Å². The van der Waals surface area contributed by atoms with Crippen LogP contribution in [0.3, 0.4) is 0 Å². The van der Waals surface area contributed by atoms with Crippen LogP contribution >= 0.6 is 11.3 Å². The highest BCUT2D eigenvalue weighted by atomic mass is 32.1. The molecule has 0 spiro atoms. The van der Waals surface area contributed by atoms with Crippen molar-refractivity contribution >= 4 is 17.2 Å². The Morgan fingerprint density at radius 1 is 1.59 bits per heavy atom. The molecule has 0 saturated carbocycles. The molecule has 5 nitrogen and oxygen atoms in total. The molecule has 0 aromatic carbocycles. The van der Waals surface area contributed by atoms with Gasteiger partial charge >= 0.3 is 0 Å². The third-order valence-electron chi connectivity index (χ3n) is 2.29. The van der Waals surface area contributed by atoms with Crippen molar-refractivity contribution in [3.63, 3.8) is 0 Å². The van der Waals surface area contributed by atoms with Crippen molar-refractivity contribution < 1.29 is 4.79 Å². The maximum atomic E-state index is 11.7. The van der Waals surface area contributed by atoms with Gasteiger partial charge in [0.05, 0.1) is 17.5 Å². The van der Waals surface area contributed by atoms with Crippen LogP contribution in [0.2, 0.25) is 0 Å². The lowest BCUT2D eigenvalue weighted by molar-refractivity contribution is 0.0956. The second-order valence-electron chi connectivity index (χ2n) is 3.53. The zero-order chi connectivity index (χ0) is 12.1. The van der Waals surface area contributed by atoms with Crippen molar-refractivity contribution in [1.29, 1.82) is 0 Å². The average molecular weight is 250 g/mol. The van der Waals surface area contributed by atoms with E-state index in [-0.39, 0.29) is 5.91 Å². The highest BCUT2D eigenvalue weighted by Crippen LogP contribution is 2.12. The quantitative estimate of drug-likeness (QED) is 0.871. The van der Waals surface area contributed by atoms with E-state index in [2.05, 4.69) is 15.3 Å². The Kier molecular flexibility index (Phi) is 3.87. The summed E-state index contributed by atoms with van der Waals surface area (Å²) in [6.07, 6.45) is 7.82. The minimum atomic E-state index is -0.0534. The summed E-state index contributed by atoms with van der Waals surface area (Å²) in [6, 6.07) is 0. The second-order valence-corrected chi connectivity index (χ2v) is 4.64. The summed E-state index contributed by atoms with van der Waals surface area (Å²) in [5.74, 6) is -0.0534. The first-order valence-electron chi connectivity index (χ1n) is 5.48. The number of hydrogen-bond donors (Lipinski definition) is 1. The third-order valence-corrected chi connectivity index (χ3v) is 3.43. The number of imidazole rings is 1. The van der Waals surface area contributed by atoms with Crippen LogP contribution in [0.1, 0.15) is 21.6 Å². The number of rotatable bonds is 5. The number of carbonyl (C=O) groups is 1. The molecule has 0 aliphatic heterocycles. The molecule has 0 bridgehead atoms. The molecule has 1 amide bonds. The van der Waals surface area contributed by atoms with Crippen LogP contribution in [-0.4, -0.2) is 27.0 Å². The Morgan fingerprint density at radius 3 is 3.12 bits per heavy atom. The first kappa shape index (κ1) is 11.8. The van der Waals surface area contributed by atoms with Crippen LogP contribution < -0.4 is 5.32 Å². The number of hydrogen-bond acceptors (Lipinski definition) is 4. The van der Waals surface area contributed by atoms with Gasteiger partial charge in [-0.2, -0.15) is 0 Å². The lowest BCUT2D eigenvalue weighted by Crippen LogP contribution is -2.26. The average Bonchev–Trinajstić information content (AvgIpc) is 2.99. The Bertz CT molecular complexity index is 477. The van der Waals surface area contributed by atoms with E-state index >= 15 is 0 Å². The first-order chi connectivity index (χ1) is 8.29. The minimum absolute atomic E-state index is 0.0534. The highest BCUT2D eigenvalue weighted by Gasteiger charge is 2.08. The van der Waals surface area contributed by atoms with Gasteiger partial charge in [-0.1, -0.05) is 6.92 Å². The van der Waals surface area contributed by atoms with Gasteiger partial charge in [0, 0.05) is 25.5 Å². The van der Waals surface area contributed by atoms with E-state index in [1.54, 1.807) is 18.7 Å². The highest BCUT2D eigenvalue weighted by molar-refractivity contribution is 7.13. The molecule has 0 aliphatic carbocycles. The standard InChI is InChI=1S/C11H14N4OS/c1-2-10-14-7-9(17-10)11(16)13-4-6-15-5-3-12-8-15/h3,5,7-8H,2,4,6H2,1H3,(H,13,16). The Morgan fingerprint density at radius 2 is 2.47 bits per heavy atom. The zero-order valence-electron chi connectivity index (χ0n) is 9.59. The molecule has 1 N–H and O–H groups in total. The van der Waals surface area contributed by atoms with Gasteiger partial charge in [-0.05, 0) is 6.42 Å². The molecular formula is C11H14N4OS. The molecular weight excluding hydrogens is 236 g/mol. The van der Waals surface area contributed by atoms with Crippen LogP contribution in [0.4, 0.5) is 0 Å². The van der Waals surface area contributed by atoms with Gasteiger partial charge in [-0.25, -0.2) is 9.97 Å². The molecule has 0 radical (unpaired) electrons. The van der Waals surface area contributed by atoms with Crippen molar-refractivity contribution in [3.05, 3.63) is 34.8 Å². The molecule has 0 saturated heterocycles. The van der Waals surface area contributed by atoms with Gasteiger partial charge < -0.3 is 9.88 Å². The lowest BCUT2D eigenvalue weighted by atomic mass is 10.5. The summed E-state index contributed by atoms with van der Waals surface area (Å²) in [4.78, 5) is 20.5. The maximum Gasteiger partial charge on any atom is 0.263 e. The minimum Gasteiger partial charge on any atom is -0.349 e. The Hall–Kier alpha value is -1.69. The Labute approximate surface area is 104 Å². The largest absolute Gasteiger partial charge is 0.349 e. The van der Waals surface area contributed by atoms with E-state index in [1.165, 1.54) is 11.3 Å². The van der Waals surface area contributed by atoms with Crippen molar-refractivity contribution in [1.82, 2.24) is 19.9 Å². The fraction of sp³-hybridized carbons (Fsp3) is 0.364. The smallest absolute Gasteiger partial charge is 0.263 e. The van der Waals surface area contributed by atoms with Gasteiger partial charge in [-0.15, -0.1) is 11.3 Å². The molecule has 0 fully saturated rings. The fourth-order valence-electron chi connectivity index (χ4n) is 1.38. The van der Waals surface area contributed by atoms with Gasteiger partial charge in [0.1, 0.15) is 4.88 Å². The number of carbonyl (C=O) groups excluding carboxylic acids is 1. The predicted octanol–water partition coefficient (Wildman–Crippen LogP) is 1.33. The molecule has 6 heteroatoms. The normalized spacial score (nSPS) is 10.4. The lowest BCUT2D eigenvalue weighted by Gasteiger charge is -2.03.